The number of rotatable bonds is 5. The van der Waals surface area contributed by atoms with Gasteiger partial charge < -0.3 is 5.32 Å². The molecule has 0 aliphatic heterocycles. The maximum absolute atomic E-state index is 12.1. The van der Waals surface area contributed by atoms with Crippen LogP contribution in [0.1, 0.15) is 0 Å². The molecule has 3 nitrogen and oxygen atoms in total. The Morgan fingerprint density at radius 2 is 1.96 bits per heavy atom. The molecular weight excluding hydrogens is 463 g/mol. The number of halogens is 3. The predicted molar refractivity (Wildman–Crippen MR) is 111 cm³/mol. The number of benzene rings is 2. The van der Waals surface area contributed by atoms with Crippen LogP contribution in [-0.4, -0.2) is 16.6 Å². The minimum Gasteiger partial charge on any atom is -0.324 e. The molecule has 3 aromatic rings. The first kappa shape index (κ1) is 18.7. The van der Waals surface area contributed by atoms with Crippen LogP contribution in [0.2, 0.25) is 10.0 Å². The summed E-state index contributed by atoms with van der Waals surface area (Å²) in [7, 11) is 0. The molecule has 2 aromatic carbocycles. The normalized spacial score (nSPS) is 10.7. The summed E-state index contributed by atoms with van der Waals surface area (Å²) in [5.74, 6) is 0.0883. The first-order valence-electron chi connectivity index (χ1n) is 7.10. The van der Waals surface area contributed by atoms with E-state index in [-0.39, 0.29) is 11.7 Å². The lowest BCUT2D eigenvalue weighted by Crippen LogP contribution is -2.14. The van der Waals surface area contributed by atoms with Crippen molar-refractivity contribution in [2.75, 3.05) is 11.1 Å². The largest absolute Gasteiger partial charge is 0.324 e. The Labute approximate surface area is 171 Å². The quantitative estimate of drug-likeness (QED) is 0.424. The van der Waals surface area contributed by atoms with E-state index in [4.69, 9.17) is 23.2 Å². The Bertz CT molecular complexity index is 900. The molecule has 0 bridgehead atoms. The highest BCUT2D eigenvalue weighted by Crippen LogP contribution is 2.30. The highest BCUT2D eigenvalue weighted by molar-refractivity contribution is 9.10. The van der Waals surface area contributed by atoms with Crippen molar-refractivity contribution in [3.05, 3.63) is 62.4 Å². The van der Waals surface area contributed by atoms with Crippen molar-refractivity contribution in [1.29, 1.82) is 0 Å². The number of nitrogens with one attached hydrogen (secondary N) is 1. The van der Waals surface area contributed by atoms with Crippen molar-refractivity contribution in [2.24, 2.45) is 0 Å². The van der Waals surface area contributed by atoms with Crippen molar-refractivity contribution >= 4 is 73.8 Å². The van der Waals surface area contributed by atoms with Crippen LogP contribution < -0.4 is 5.32 Å². The molecule has 0 spiro atoms. The lowest BCUT2D eigenvalue weighted by atomic mass is 10.2. The van der Waals surface area contributed by atoms with Gasteiger partial charge in [-0.15, -0.1) is 11.3 Å². The lowest BCUT2D eigenvalue weighted by Gasteiger charge is -2.06. The Hall–Kier alpha value is -1.05. The number of anilines is 1. The molecule has 0 saturated heterocycles. The maximum Gasteiger partial charge on any atom is 0.234 e. The van der Waals surface area contributed by atoms with Gasteiger partial charge in [0.1, 0.15) is 0 Å². The third-order valence-electron chi connectivity index (χ3n) is 3.15. The molecule has 0 atom stereocenters. The number of carbonyl (C=O) groups excluding carboxylic acids is 1. The van der Waals surface area contributed by atoms with E-state index >= 15 is 0 Å². The second kappa shape index (κ2) is 8.56. The van der Waals surface area contributed by atoms with E-state index in [0.29, 0.717) is 15.7 Å². The zero-order valence-corrected chi connectivity index (χ0v) is 17.4. The molecule has 0 saturated carbocycles. The van der Waals surface area contributed by atoms with Gasteiger partial charge in [-0.05, 0) is 30.3 Å². The van der Waals surface area contributed by atoms with Crippen molar-refractivity contribution in [3.8, 4) is 11.3 Å². The van der Waals surface area contributed by atoms with Gasteiger partial charge in [0.15, 0.2) is 4.34 Å². The molecule has 8 heteroatoms. The molecule has 1 heterocycles. The number of hydrogen-bond donors (Lipinski definition) is 1. The van der Waals surface area contributed by atoms with Crippen LogP contribution in [0.5, 0.6) is 0 Å². The minimum absolute atomic E-state index is 0.158. The first-order valence-corrected chi connectivity index (χ1v) is 10.5. The lowest BCUT2D eigenvalue weighted by molar-refractivity contribution is -0.113. The summed E-state index contributed by atoms with van der Waals surface area (Å²) in [6, 6.07) is 12.9. The molecule has 3 rings (SSSR count). The van der Waals surface area contributed by atoms with Gasteiger partial charge in [0.25, 0.3) is 0 Å². The van der Waals surface area contributed by atoms with Crippen LogP contribution >= 0.6 is 62.2 Å². The summed E-state index contributed by atoms with van der Waals surface area (Å²) in [5, 5.41) is 5.72. The smallest absolute Gasteiger partial charge is 0.234 e. The third-order valence-corrected chi connectivity index (χ3v) is 6.27. The van der Waals surface area contributed by atoms with Crippen molar-refractivity contribution < 1.29 is 4.79 Å². The SMILES string of the molecule is O=C(CSc1nc(-c2ccc(Br)cc2)cs1)Nc1cc(Cl)ccc1Cl. The molecule has 0 unspecified atom stereocenters. The number of amides is 1. The van der Waals surface area contributed by atoms with Crippen LogP contribution in [0.3, 0.4) is 0 Å². The van der Waals surface area contributed by atoms with Crippen LogP contribution in [0.25, 0.3) is 11.3 Å². The van der Waals surface area contributed by atoms with E-state index in [1.165, 1.54) is 23.1 Å². The summed E-state index contributed by atoms with van der Waals surface area (Å²) in [4.78, 5) is 16.7. The summed E-state index contributed by atoms with van der Waals surface area (Å²) in [6.45, 7) is 0. The van der Waals surface area contributed by atoms with Crippen molar-refractivity contribution in [2.45, 2.75) is 4.34 Å². The summed E-state index contributed by atoms with van der Waals surface area (Å²) < 4.78 is 1.86. The molecule has 1 aromatic heterocycles. The van der Waals surface area contributed by atoms with E-state index in [0.717, 1.165) is 20.1 Å². The molecule has 1 amide bonds. The summed E-state index contributed by atoms with van der Waals surface area (Å²) in [5.41, 5.74) is 2.45. The van der Waals surface area contributed by atoms with Gasteiger partial charge in [-0.2, -0.15) is 0 Å². The average Bonchev–Trinajstić information content (AvgIpc) is 3.06. The van der Waals surface area contributed by atoms with Gasteiger partial charge in [-0.3, -0.25) is 4.79 Å². The predicted octanol–water partition coefficient (Wildman–Crippen LogP) is 6.61. The average molecular weight is 474 g/mol. The van der Waals surface area contributed by atoms with E-state index < -0.39 is 0 Å². The number of hydrogen-bond acceptors (Lipinski definition) is 4. The van der Waals surface area contributed by atoms with E-state index in [1.807, 2.05) is 29.6 Å². The first-order chi connectivity index (χ1) is 12.0. The second-order valence-corrected chi connectivity index (χ2v) is 8.81. The molecule has 0 aliphatic rings. The number of thioether (sulfide) groups is 1. The molecule has 25 heavy (non-hydrogen) atoms. The Morgan fingerprint density at radius 1 is 1.20 bits per heavy atom. The molecule has 0 radical (unpaired) electrons. The van der Waals surface area contributed by atoms with Gasteiger partial charge in [-0.1, -0.05) is 63.0 Å². The topological polar surface area (TPSA) is 42.0 Å². The maximum atomic E-state index is 12.1. The number of thiazole rings is 1. The molecule has 0 aliphatic carbocycles. The van der Waals surface area contributed by atoms with E-state index in [1.54, 1.807) is 18.2 Å². The highest BCUT2D eigenvalue weighted by atomic mass is 79.9. The fourth-order valence-corrected chi connectivity index (χ4v) is 4.22. The zero-order chi connectivity index (χ0) is 17.8. The highest BCUT2D eigenvalue weighted by Gasteiger charge is 2.10. The van der Waals surface area contributed by atoms with Crippen molar-refractivity contribution in [1.82, 2.24) is 4.98 Å². The zero-order valence-electron chi connectivity index (χ0n) is 12.6. The van der Waals surface area contributed by atoms with Crippen LogP contribution in [0.15, 0.2) is 56.7 Å². The van der Waals surface area contributed by atoms with Crippen LogP contribution in [-0.2, 0) is 4.79 Å². The number of nitrogens with zero attached hydrogens (tertiary/aromatic N) is 1. The van der Waals surface area contributed by atoms with E-state index in [9.17, 15) is 4.79 Å². The van der Waals surface area contributed by atoms with Gasteiger partial charge in [0.05, 0.1) is 22.2 Å². The molecule has 0 fully saturated rings. The Morgan fingerprint density at radius 3 is 2.72 bits per heavy atom. The Balaban J connectivity index is 1.59. The minimum atomic E-state index is -0.158. The van der Waals surface area contributed by atoms with Crippen LogP contribution in [0, 0.1) is 0 Å². The second-order valence-electron chi connectivity index (χ2n) is 4.97. The van der Waals surface area contributed by atoms with Gasteiger partial charge in [0.2, 0.25) is 5.91 Å². The standard InChI is InChI=1S/C17H11BrCl2N2OS2/c18-11-3-1-10(2-4-11)15-8-24-17(22-15)25-9-16(23)21-14-7-12(19)5-6-13(14)20/h1-8H,9H2,(H,21,23). The van der Waals surface area contributed by atoms with Gasteiger partial charge >= 0.3 is 0 Å². The van der Waals surface area contributed by atoms with Gasteiger partial charge in [-0.25, -0.2) is 4.98 Å². The molecule has 128 valence electrons. The van der Waals surface area contributed by atoms with Crippen LogP contribution in [0.4, 0.5) is 5.69 Å². The van der Waals surface area contributed by atoms with Gasteiger partial charge in [0, 0.05) is 20.4 Å². The summed E-state index contributed by atoms with van der Waals surface area (Å²) >= 11 is 18.3. The van der Waals surface area contributed by atoms with E-state index in [2.05, 4.69) is 26.2 Å². The monoisotopic (exact) mass is 472 g/mol. The third kappa shape index (κ3) is 5.21. The molecular formula is C17H11BrCl2N2OS2. The summed E-state index contributed by atoms with van der Waals surface area (Å²) in [6.07, 6.45) is 0. The number of carbonyl (C=O) groups is 1. The number of aromatic nitrogens is 1. The fraction of sp³-hybridized carbons (Fsp3) is 0.0588. The fourth-order valence-electron chi connectivity index (χ4n) is 1.98. The molecule has 1 N–H and O–H groups in total. The van der Waals surface area contributed by atoms with Crippen molar-refractivity contribution in [3.63, 3.8) is 0 Å². The Kier molecular flexibility index (Phi) is 6.41.